The highest BCUT2D eigenvalue weighted by molar-refractivity contribution is 4.61. The van der Waals surface area contributed by atoms with Crippen molar-refractivity contribution >= 4 is 0 Å². The van der Waals surface area contributed by atoms with Gasteiger partial charge in [-0.25, -0.2) is 0 Å². The number of hydrogen-bond acceptors (Lipinski definition) is 8. The van der Waals surface area contributed by atoms with Crippen LogP contribution in [0.3, 0.4) is 0 Å². The maximum Gasteiger partial charge on any atom is 0.104 e. The average Bonchev–Trinajstić information content (AvgIpc) is 2.62. The Bertz CT molecular complexity index is 301. The molecule has 0 aromatic carbocycles. The van der Waals surface area contributed by atoms with Crippen LogP contribution in [0.5, 0.6) is 0 Å². The van der Waals surface area contributed by atoms with Gasteiger partial charge in [-0.3, -0.25) is 0 Å². The van der Waals surface area contributed by atoms with Crippen molar-refractivity contribution in [2.45, 2.75) is 64.4 Å². The van der Waals surface area contributed by atoms with Crippen molar-refractivity contribution in [3.05, 3.63) is 0 Å². The van der Waals surface area contributed by atoms with Gasteiger partial charge in [-0.05, 0) is 26.7 Å². The third kappa shape index (κ3) is 18.8. The molecule has 164 valence electrons. The number of ether oxygens (including phenoxy) is 5. The van der Waals surface area contributed by atoms with Crippen LogP contribution < -0.4 is 0 Å². The molecule has 0 aromatic rings. The summed E-state index contributed by atoms with van der Waals surface area (Å²) in [5.74, 6) is 0. The van der Waals surface area contributed by atoms with Crippen molar-refractivity contribution in [3.8, 4) is 0 Å². The summed E-state index contributed by atoms with van der Waals surface area (Å²) in [6.45, 7) is 8.32. The topological polar surface area (TPSA) is 107 Å². The van der Waals surface area contributed by atoms with E-state index in [1.807, 2.05) is 0 Å². The zero-order chi connectivity index (χ0) is 20.3. The number of rotatable bonds is 20. The SMILES string of the molecule is CCCCOCC(COCC(COCC(C)O)OCC(C)O)OCCCO. The van der Waals surface area contributed by atoms with Crippen LogP contribution in [-0.4, -0.2) is 99.2 Å². The summed E-state index contributed by atoms with van der Waals surface area (Å²) in [4.78, 5) is 0. The first-order chi connectivity index (χ1) is 13.0. The highest BCUT2D eigenvalue weighted by Crippen LogP contribution is 2.03. The Balaban J connectivity index is 4.26. The molecule has 0 saturated heterocycles. The van der Waals surface area contributed by atoms with Crippen LogP contribution in [0.15, 0.2) is 0 Å². The minimum absolute atomic E-state index is 0.0835. The summed E-state index contributed by atoms with van der Waals surface area (Å²) in [5, 5.41) is 27.5. The van der Waals surface area contributed by atoms with E-state index in [9.17, 15) is 10.2 Å². The van der Waals surface area contributed by atoms with E-state index in [0.29, 0.717) is 32.8 Å². The number of unbranched alkanes of at least 4 members (excludes halogenated alkanes) is 1. The Morgan fingerprint density at radius 2 is 1.22 bits per heavy atom. The zero-order valence-corrected chi connectivity index (χ0v) is 17.2. The lowest BCUT2D eigenvalue weighted by Gasteiger charge is -2.22. The molecule has 0 amide bonds. The third-order valence-corrected chi connectivity index (χ3v) is 3.45. The standard InChI is InChI=1S/C19H40O8/c1-4-5-8-23-12-18(26-9-6-7-20)13-25-15-19(27-11-17(3)22)14-24-10-16(2)21/h16-22H,4-15H2,1-3H3. The fourth-order valence-electron chi connectivity index (χ4n) is 2.04. The average molecular weight is 397 g/mol. The molecule has 4 atom stereocenters. The second-order valence-corrected chi connectivity index (χ2v) is 6.73. The highest BCUT2D eigenvalue weighted by atomic mass is 16.6. The molecular formula is C19H40O8. The Morgan fingerprint density at radius 3 is 1.78 bits per heavy atom. The molecule has 4 unspecified atom stereocenters. The van der Waals surface area contributed by atoms with Crippen molar-refractivity contribution in [3.63, 3.8) is 0 Å². The molecule has 0 saturated carbocycles. The second kappa shape index (κ2) is 19.0. The molecule has 0 heterocycles. The van der Waals surface area contributed by atoms with E-state index < -0.39 is 12.2 Å². The maximum atomic E-state index is 9.39. The van der Waals surface area contributed by atoms with Gasteiger partial charge >= 0.3 is 0 Å². The molecule has 0 fully saturated rings. The predicted octanol–water partition coefficient (Wildman–Crippen LogP) is 0.751. The largest absolute Gasteiger partial charge is 0.396 e. The Morgan fingerprint density at radius 1 is 0.667 bits per heavy atom. The van der Waals surface area contributed by atoms with Crippen LogP contribution >= 0.6 is 0 Å². The Labute approximate surface area is 163 Å². The van der Waals surface area contributed by atoms with E-state index in [1.165, 1.54) is 0 Å². The monoisotopic (exact) mass is 396 g/mol. The van der Waals surface area contributed by atoms with Crippen molar-refractivity contribution in [1.29, 1.82) is 0 Å². The molecule has 8 heteroatoms. The molecular weight excluding hydrogens is 356 g/mol. The van der Waals surface area contributed by atoms with Gasteiger partial charge < -0.3 is 39.0 Å². The fraction of sp³-hybridized carbons (Fsp3) is 1.00. The predicted molar refractivity (Wildman–Crippen MR) is 102 cm³/mol. The van der Waals surface area contributed by atoms with Crippen molar-refractivity contribution in [2.75, 3.05) is 59.5 Å². The van der Waals surface area contributed by atoms with E-state index in [1.54, 1.807) is 13.8 Å². The van der Waals surface area contributed by atoms with E-state index in [-0.39, 0.29) is 45.2 Å². The first kappa shape index (κ1) is 26.7. The minimum atomic E-state index is -0.578. The van der Waals surface area contributed by atoms with Gasteiger partial charge in [-0.2, -0.15) is 0 Å². The molecule has 0 bridgehead atoms. The van der Waals surface area contributed by atoms with Crippen LogP contribution in [0.25, 0.3) is 0 Å². The smallest absolute Gasteiger partial charge is 0.104 e. The van der Waals surface area contributed by atoms with Gasteiger partial charge in [0.2, 0.25) is 0 Å². The zero-order valence-electron chi connectivity index (χ0n) is 17.2. The van der Waals surface area contributed by atoms with Crippen LogP contribution in [0.1, 0.15) is 40.0 Å². The normalized spacial score (nSPS) is 16.2. The van der Waals surface area contributed by atoms with E-state index in [0.717, 1.165) is 12.8 Å². The van der Waals surface area contributed by atoms with Gasteiger partial charge in [0.25, 0.3) is 0 Å². The molecule has 27 heavy (non-hydrogen) atoms. The minimum Gasteiger partial charge on any atom is -0.396 e. The summed E-state index contributed by atoms with van der Waals surface area (Å²) in [5.41, 5.74) is 0. The fourth-order valence-corrected chi connectivity index (χ4v) is 2.04. The lowest BCUT2D eigenvalue weighted by molar-refractivity contribution is -0.108. The molecule has 0 aromatic heterocycles. The summed E-state index contributed by atoms with van der Waals surface area (Å²) in [6, 6.07) is 0. The first-order valence-corrected chi connectivity index (χ1v) is 9.92. The quantitative estimate of drug-likeness (QED) is 0.259. The second-order valence-electron chi connectivity index (χ2n) is 6.73. The Hall–Kier alpha value is -0.320. The first-order valence-electron chi connectivity index (χ1n) is 9.92. The van der Waals surface area contributed by atoms with Gasteiger partial charge in [0, 0.05) is 19.8 Å². The molecule has 8 nitrogen and oxygen atoms in total. The summed E-state index contributed by atoms with van der Waals surface area (Å²) >= 11 is 0. The lowest BCUT2D eigenvalue weighted by atomic mass is 10.3. The molecule has 0 aliphatic rings. The number of aliphatic hydroxyl groups excluding tert-OH is 3. The Kier molecular flexibility index (Phi) is 18.8. The lowest BCUT2D eigenvalue weighted by Crippen LogP contribution is -2.33. The molecule has 0 aliphatic carbocycles. The van der Waals surface area contributed by atoms with Gasteiger partial charge in [0.05, 0.1) is 51.8 Å². The van der Waals surface area contributed by atoms with Crippen LogP contribution in [0, 0.1) is 0 Å². The molecule has 3 N–H and O–H groups in total. The van der Waals surface area contributed by atoms with Gasteiger partial charge in [0.1, 0.15) is 12.2 Å². The summed E-state index contributed by atoms with van der Waals surface area (Å²) < 4.78 is 28.0. The number of aliphatic hydroxyl groups is 3. The van der Waals surface area contributed by atoms with Gasteiger partial charge in [-0.1, -0.05) is 13.3 Å². The molecule has 0 rings (SSSR count). The molecule has 0 radical (unpaired) electrons. The van der Waals surface area contributed by atoms with Crippen LogP contribution in [0.2, 0.25) is 0 Å². The van der Waals surface area contributed by atoms with E-state index in [4.69, 9.17) is 28.8 Å². The van der Waals surface area contributed by atoms with Crippen molar-refractivity contribution < 1.29 is 39.0 Å². The summed E-state index contributed by atoms with van der Waals surface area (Å²) in [6.07, 6.45) is 0.945. The molecule has 0 spiro atoms. The van der Waals surface area contributed by atoms with Crippen molar-refractivity contribution in [2.24, 2.45) is 0 Å². The number of hydrogen-bond donors (Lipinski definition) is 3. The van der Waals surface area contributed by atoms with Crippen LogP contribution in [-0.2, 0) is 23.7 Å². The maximum absolute atomic E-state index is 9.39. The van der Waals surface area contributed by atoms with Gasteiger partial charge in [0.15, 0.2) is 0 Å². The third-order valence-electron chi connectivity index (χ3n) is 3.45. The van der Waals surface area contributed by atoms with E-state index >= 15 is 0 Å². The van der Waals surface area contributed by atoms with E-state index in [2.05, 4.69) is 6.92 Å². The van der Waals surface area contributed by atoms with Crippen molar-refractivity contribution in [1.82, 2.24) is 0 Å². The highest BCUT2D eigenvalue weighted by Gasteiger charge is 2.15. The van der Waals surface area contributed by atoms with Gasteiger partial charge in [-0.15, -0.1) is 0 Å². The summed E-state index contributed by atoms with van der Waals surface area (Å²) in [7, 11) is 0. The van der Waals surface area contributed by atoms with Crippen LogP contribution in [0.4, 0.5) is 0 Å². The molecule has 0 aliphatic heterocycles.